The third kappa shape index (κ3) is 5.00. The van der Waals surface area contributed by atoms with Crippen molar-refractivity contribution in [1.29, 1.82) is 0 Å². The lowest BCUT2D eigenvalue weighted by atomic mass is 10.2. The first-order chi connectivity index (χ1) is 13.3. The van der Waals surface area contributed by atoms with Gasteiger partial charge in [0.25, 0.3) is 0 Å². The molecule has 10 heteroatoms. The summed E-state index contributed by atoms with van der Waals surface area (Å²) in [4.78, 5) is 10.8. The molecular weight excluding hydrogens is 376 g/mol. The monoisotopic (exact) mass is 398 g/mol. The Kier molecular flexibility index (Phi) is 6.18. The number of anilines is 3. The van der Waals surface area contributed by atoms with Crippen molar-refractivity contribution in [3.63, 3.8) is 0 Å². The molecule has 1 aromatic heterocycles. The van der Waals surface area contributed by atoms with Gasteiger partial charge in [0.05, 0.1) is 5.69 Å². The zero-order valence-electron chi connectivity index (χ0n) is 15.6. The minimum atomic E-state index is -1.52. The molecule has 0 spiro atoms. The summed E-state index contributed by atoms with van der Waals surface area (Å²) in [6, 6.07) is 1.79. The van der Waals surface area contributed by atoms with Crippen molar-refractivity contribution in [2.75, 3.05) is 43.4 Å². The molecule has 1 saturated carbocycles. The van der Waals surface area contributed by atoms with E-state index in [2.05, 4.69) is 31.0 Å². The Morgan fingerprint density at radius 1 is 1.00 bits per heavy atom. The number of benzene rings is 1. The average Bonchev–Trinajstić information content (AvgIpc) is 3.49. The van der Waals surface area contributed by atoms with Crippen LogP contribution in [0.3, 0.4) is 0 Å². The van der Waals surface area contributed by atoms with Gasteiger partial charge in [0.15, 0.2) is 23.3 Å². The Labute approximate surface area is 160 Å². The van der Waals surface area contributed by atoms with Crippen LogP contribution in [0.2, 0.25) is 0 Å². The van der Waals surface area contributed by atoms with Gasteiger partial charge in [-0.25, -0.2) is 22.5 Å². The molecule has 152 valence electrons. The molecule has 6 nitrogen and oxygen atoms in total. The fourth-order valence-electron chi connectivity index (χ4n) is 2.60. The van der Waals surface area contributed by atoms with E-state index in [-0.39, 0.29) is 11.9 Å². The molecule has 1 heterocycles. The van der Waals surface area contributed by atoms with Crippen molar-refractivity contribution < 1.29 is 17.6 Å². The van der Waals surface area contributed by atoms with E-state index in [1.807, 2.05) is 14.1 Å². The largest absolute Gasteiger partial charge is 0.354 e. The summed E-state index contributed by atoms with van der Waals surface area (Å²) in [5.74, 6) is -5.12. The van der Waals surface area contributed by atoms with Crippen LogP contribution in [0.4, 0.5) is 35.0 Å². The van der Waals surface area contributed by atoms with Gasteiger partial charge in [-0.3, -0.25) is 10.9 Å². The molecule has 0 amide bonds. The van der Waals surface area contributed by atoms with E-state index in [1.165, 1.54) is 0 Å². The molecule has 1 aliphatic rings. The Bertz CT molecular complexity index is 815. The lowest BCUT2D eigenvalue weighted by Crippen LogP contribution is -2.18. The molecule has 1 fully saturated rings. The number of hydrogen-bond acceptors (Lipinski definition) is 6. The smallest absolute Gasteiger partial charge is 0.224 e. The van der Waals surface area contributed by atoms with Crippen molar-refractivity contribution >= 4 is 17.5 Å². The van der Waals surface area contributed by atoms with Gasteiger partial charge in [0.2, 0.25) is 5.95 Å². The van der Waals surface area contributed by atoms with Crippen molar-refractivity contribution in [1.82, 2.24) is 14.9 Å². The van der Waals surface area contributed by atoms with Crippen LogP contribution in [0.1, 0.15) is 30.9 Å². The molecular formula is C18H22F4N6. The molecule has 0 saturated heterocycles. The number of hydrogen-bond donors (Lipinski definition) is 3. The quantitative estimate of drug-likeness (QED) is 0.259. The molecule has 3 N–H and O–H groups in total. The van der Waals surface area contributed by atoms with E-state index in [0.717, 1.165) is 31.5 Å². The van der Waals surface area contributed by atoms with Crippen LogP contribution in [0.25, 0.3) is 0 Å². The minimum absolute atomic E-state index is 0.154. The lowest BCUT2D eigenvalue weighted by molar-refractivity contribution is 0.405. The average molecular weight is 398 g/mol. The van der Waals surface area contributed by atoms with Crippen molar-refractivity contribution in [3.8, 4) is 0 Å². The molecule has 0 unspecified atom stereocenters. The molecule has 0 atom stereocenters. The highest BCUT2D eigenvalue weighted by Crippen LogP contribution is 2.39. The van der Waals surface area contributed by atoms with E-state index in [0.29, 0.717) is 18.4 Å². The minimum Gasteiger partial charge on any atom is -0.354 e. The fraction of sp³-hybridized carbons (Fsp3) is 0.444. The Balaban J connectivity index is 1.73. The third-order valence-corrected chi connectivity index (χ3v) is 4.23. The zero-order valence-corrected chi connectivity index (χ0v) is 15.6. The summed E-state index contributed by atoms with van der Waals surface area (Å²) in [6.45, 7) is 1.54. The van der Waals surface area contributed by atoms with Crippen LogP contribution < -0.4 is 16.2 Å². The fourth-order valence-corrected chi connectivity index (χ4v) is 2.60. The third-order valence-electron chi connectivity index (χ3n) is 4.23. The summed E-state index contributed by atoms with van der Waals surface area (Å²) in [5.41, 5.74) is 4.52. The Hall–Kier alpha value is -2.62. The Morgan fingerprint density at radius 2 is 1.68 bits per heavy atom. The number of nitrogens with one attached hydrogen (secondary N) is 3. The second-order valence-corrected chi connectivity index (χ2v) is 6.95. The first kappa shape index (κ1) is 20.1. The van der Waals surface area contributed by atoms with Crippen molar-refractivity contribution in [3.05, 3.63) is 41.1 Å². The van der Waals surface area contributed by atoms with Crippen molar-refractivity contribution in [2.24, 2.45) is 0 Å². The van der Waals surface area contributed by atoms with E-state index >= 15 is 0 Å². The second-order valence-electron chi connectivity index (χ2n) is 6.95. The first-order valence-corrected chi connectivity index (χ1v) is 8.97. The SMILES string of the molecule is CN(C)CCCNc1nc(NNc2c(F)c(F)cc(F)c2F)cc(C2CC2)n1. The standard InChI is InChI=1S/C18H22F4N6/c1-28(2)7-3-6-23-18-24-13(10-4-5-10)9-14(25-18)26-27-17-15(21)11(19)8-12(20)16(17)22/h8-10,27H,3-7H2,1-2H3,(H2,23,24,25,26). The summed E-state index contributed by atoms with van der Waals surface area (Å²) in [6.07, 6.45) is 2.88. The van der Waals surface area contributed by atoms with Crippen LogP contribution in [-0.4, -0.2) is 42.1 Å². The van der Waals surface area contributed by atoms with Crippen LogP contribution >= 0.6 is 0 Å². The van der Waals surface area contributed by atoms with Crippen LogP contribution in [0, 0.1) is 23.3 Å². The predicted molar refractivity (Wildman–Crippen MR) is 99.2 cm³/mol. The molecule has 3 rings (SSSR count). The van der Waals surface area contributed by atoms with Crippen molar-refractivity contribution in [2.45, 2.75) is 25.2 Å². The van der Waals surface area contributed by atoms with Gasteiger partial charge in [-0.15, -0.1) is 0 Å². The number of aromatic nitrogens is 2. The molecule has 0 aliphatic heterocycles. The van der Waals surface area contributed by atoms with Gasteiger partial charge in [-0.05, 0) is 39.9 Å². The maximum Gasteiger partial charge on any atom is 0.224 e. The Morgan fingerprint density at radius 3 is 2.29 bits per heavy atom. The topological polar surface area (TPSA) is 65.1 Å². The highest BCUT2D eigenvalue weighted by molar-refractivity contribution is 5.53. The van der Waals surface area contributed by atoms with Gasteiger partial charge in [0, 0.05) is 24.6 Å². The number of nitrogens with zero attached hydrogens (tertiary/aromatic N) is 3. The van der Waals surface area contributed by atoms with E-state index in [9.17, 15) is 17.6 Å². The molecule has 2 aromatic rings. The molecule has 1 aromatic carbocycles. The summed E-state index contributed by atoms with van der Waals surface area (Å²) in [5, 5.41) is 3.12. The molecule has 28 heavy (non-hydrogen) atoms. The number of halogens is 4. The number of rotatable bonds is 9. The molecule has 0 radical (unpaired) electrons. The van der Waals surface area contributed by atoms with Crippen LogP contribution in [-0.2, 0) is 0 Å². The van der Waals surface area contributed by atoms with E-state index in [1.54, 1.807) is 6.07 Å². The first-order valence-electron chi connectivity index (χ1n) is 8.97. The van der Waals surface area contributed by atoms with Gasteiger partial charge >= 0.3 is 0 Å². The second kappa shape index (κ2) is 8.59. The highest BCUT2D eigenvalue weighted by Gasteiger charge is 2.26. The van der Waals surface area contributed by atoms with Crippen LogP contribution in [0.5, 0.6) is 0 Å². The zero-order chi connectivity index (χ0) is 20.3. The lowest BCUT2D eigenvalue weighted by Gasteiger charge is -2.14. The predicted octanol–water partition coefficient (Wildman–Crippen LogP) is 3.71. The van der Waals surface area contributed by atoms with Gasteiger partial charge < -0.3 is 10.2 Å². The molecule has 1 aliphatic carbocycles. The van der Waals surface area contributed by atoms with Crippen LogP contribution in [0.15, 0.2) is 12.1 Å². The van der Waals surface area contributed by atoms with Gasteiger partial charge in [-0.1, -0.05) is 0 Å². The highest BCUT2D eigenvalue weighted by atomic mass is 19.2. The molecule has 0 bridgehead atoms. The summed E-state index contributed by atoms with van der Waals surface area (Å²) >= 11 is 0. The number of hydrazine groups is 1. The summed E-state index contributed by atoms with van der Waals surface area (Å²) < 4.78 is 54.2. The summed E-state index contributed by atoms with van der Waals surface area (Å²) in [7, 11) is 3.96. The van der Waals surface area contributed by atoms with Gasteiger partial charge in [-0.2, -0.15) is 4.98 Å². The van der Waals surface area contributed by atoms with E-state index < -0.39 is 29.0 Å². The maximum atomic E-state index is 13.8. The normalized spacial score (nSPS) is 13.7. The van der Waals surface area contributed by atoms with Gasteiger partial charge in [0.1, 0.15) is 11.5 Å². The van der Waals surface area contributed by atoms with E-state index in [4.69, 9.17) is 0 Å². The maximum absolute atomic E-state index is 13.8.